The zero-order valence-electron chi connectivity index (χ0n) is 19.2. The highest BCUT2D eigenvalue weighted by molar-refractivity contribution is 6.07. The Bertz CT molecular complexity index is 1520. The molecule has 0 spiro atoms. The maximum absolute atomic E-state index is 12.9. The van der Waals surface area contributed by atoms with Crippen molar-refractivity contribution in [3.63, 3.8) is 0 Å². The van der Waals surface area contributed by atoms with Crippen LogP contribution in [0.4, 0.5) is 5.69 Å². The van der Waals surface area contributed by atoms with Crippen molar-refractivity contribution >= 4 is 34.4 Å². The summed E-state index contributed by atoms with van der Waals surface area (Å²) in [5, 5.41) is 0.593. The van der Waals surface area contributed by atoms with Crippen molar-refractivity contribution in [3.8, 4) is 5.75 Å². The van der Waals surface area contributed by atoms with Crippen LogP contribution in [0.1, 0.15) is 21.7 Å². The molecule has 0 saturated heterocycles. The number of ether oxygens (including phenoxy) is 1. The molecule has 7 nitrogen and oxygen atoms in total. The molecule has 5 rings (SSSR count). The SMILES string of the molecule is Cc1nc2ccccc2c(=O)n1C/C=C/c1ccc(C(=O)CN2C(=O)COc3ccccc32)cc1. The second-order valence-corrected chi connectivity index (χ2v) is 8.28. The molecule has 1 aromatic heterocycles. The summed E-state index contributed by atoms with van der Waals surface area (Å²) in [7, 11) is 0. The summed E-state index contributed by atoms with van der Waals surface area (Å²) < 4.78 is 7.07. The number of aromatic nitrogens is 2. The van der Waals surface area contributed by atoms with Crippen LogP contribution in [-0.4, -0.2) is 34.4 Å². The smallest absolute Gasteiger partial charge is 0.265 e. The minimum Gasteiger partial charge on any atom is -0.482 e. The molecular weight excluding hydrogens is 442 g/mol. The minimum atomic E-state index is -0.245. The molecule has 0 bridgehead atoms. The molecule has 2 heterocycles. The maximum Gasteiger partial charge on any atom is 0.265 e. The Balaban J connectivity index is 1.28. The fraction of sp³-hybridized carbons (Fsp3) is 0.143. The quantitative estimate of drug-likeness (QED) is 0.402. The van der Waals surface area contributed by atoms with Crippen LogP contribution in [0.25, 0.3) is 17.0 Å². The number of aryl methyl sites for hydroxylation is 1. The third kappa shape index (κ3) is 4.48. The predicted octanol–water partition coefficient (Wildman–Crippen LogP) is 4.03. The van der Waals surface area contributed by atoms with Crippen molar-refractivity contribution < 1.29 is 14.3 Å². The molecular formula is C28H23N3O4. The van der Waals surface area contributed by atoms with E-state index in [0.29, 0.717) is 40.3 Å². The molecule has 0 saturated carbocycles. The highest BCUT2D eigenvalue weighted by atomic mass is 16.5. The Hall–Kier alpha value is -4.52. The summed E-state index contributed by atoms with van der Waals surface area (Å²) in [5.41, 5.74) is 2.64. The predicted molar refractivity (Wildman–Crippen MR) is 135 cm³/mol. The van der Waals surface area contributed by atoms with Gasteiger partial charge in [-0.05, 0) is 36.8 Å². The van der Waals surface area contributed by atoms with Crippen molar-refractivity contribution in [1.82, 2.24) is 9.55 Å². The number of benzene rings is 3. The Kier molecular flexibility index (Phi) is 5.97. The van der Waals surface area contributed by atoms with Gasteiger partial charge in [-0.3, -0.25) is 23.9 Å². The van der Waals surface area contributed by atoms with Gasteiger partial charge in [0.15, 0.2) is 12.4 Å². The molecule has 1 aliphatic heterocycles. The van der Waals surface area contributed by atoms with Gasteiger partial charge in [0, 0.05) is 12.1 Å². The van der Waals surface area contributed by atoms with Crippen LogP contribution < -0.4 is 15.2 Å². The molecule has 35 heavy (non-hydrogen) atoms. The van der Waals surface area contributed by atoms with Crippen LogP contribution in [0.2, 0.25) is 0 Å². The summed E-state index contributed by atoms with van der Waals surface area (Å²) in [5.74, 6) is 0.843. The molecule has 1 aliphatic rings. The number of anilines is 1. The van der Waals surface area contributed by atoms with Crippen LogP contribution in [0.5, 0.6) is 5.75 Å². The second kappa shape index (κ2) is 9.38. The standard InChI is InChI=1S/C28H23N3O4/c1-19-29-23-9-3-2-8-22(23)28(34)30(19)16-6-7-20-12-14-21(15-13-20)25(32)17-31-24-10-4-5-11-26(24)35-18-27(31)33/h2-15H,16-18H2,1H3/b7-6+. The largest absolute Gasteiger partial charge is 0.482 e. The summed E-state index contributed by atoms with van der Waals surface area (Å²) in [6, 6.07) is 21.7. The van der Waals surface area contributed by atoms with Crippen LogP contribution in [-0.2, 0) is 11.3 Å². The summed E-state index contributed by atoms with van der Waals surface area (Å²) in [6.45, 7) is 2.08. The Morgan fingerprint density at radius 2 is 1.74 bits per heavy atom. The molecule has 0 aliphatic carbocycles. The van der Waals surface area contributed by atoms with E-state index in [1.807, 2.05) is 61.5 Å². The summed E-state index contributed by atoms with van der Waals surface area (Å²) in [6.07, 6.45) is 3.79. The molecule has 1 amide bonds. The van der Waals surface area contributed by atoms with E-state index in [9.17, 15) is 14.4 Å². The number of hydrogen-bond acceptors (Lipinski definition) is 5. The first-order valence-corrected chi connectivity index (χ1v) is 11.3. The van der Waals surface area contributed by atoms with Gasteiger partial charge in [0.05, 0.1) is 23.1 Å². The average molecular weight is 466 g/mol. The lowest BCUT2D eigenvalue weighted by Crippen LogP contribution is -2.41. The van der Waals surface area contributed by atoms with Crippen LogP contribution in [0.15, 0.2) is 83.7 Å². The topological polar surface area (TPSA) is 81.5 Å². The third-order valence-corrected chi connectivity index (χ3v) is 5.99. The van der Waals surface area contributed by atoms with Gasteiger partial charge >= 0.3 is 0 Å². The summed E-state index contributed by atoms with van der Waals surface area (Å²) >= 11 is 0. The number of allylic oxidation sites excluding steroid dienone is 1. The Morgan fingerprint density at radius 3 is 2.57 bits per heavy atom. The van der Waals surface area contributed by atoms with Gasteiger partial charge in [-0.2, -0.15) is 0 Å². The van der Waals surface area contributed by atoms with Crippen molar-refractivity contribution in [2.24, 2.45) is 0 Å². The Morgan fingerprint density at radius 1 is 1.00 bits per heavy atom. The van der Waals surface area contributed by atoms with Crippen molar-refractivity contribution in [2.45, 2.75) is 13.5 Å². The van der Waals surface area contributed by atoms with E-state index < -0.39 is 0 Å². The number of Topliss-reactive ketones (excluding diaryl/α,β-unsaturated/α-hetero) is 1. The average Bonchev–Trinajstić information content (AvgIpc) is 2.88. The molecule has 0 fully saturated rings. The molecule has 4 aromatic rings. The van der Waals surface area contributed by atoms with Gasteiger partial charge in [0.25, 0.3) is 11.5 Å². The van der Waals surface area contributed by atoms with E-state index in [2.05, 4.69) is 4.98 Å². The van der Waals surface area contributed by atoms with E-state index in [0.717, 1.165) is 5.56 Å². The normalized spacial score (nSPS) is 13.2. The number of carbonyl (C=O) groups is 2. The highest BCUT2D eigenvalue weighted by Gasteiger charge is 2.27. The monoisotopic (exact) mass is 465 g/mol. The molecule has 3 aromatic carbocycles. The maximum atomic E-state index is 12.9. The molecule has 0 atom stereocenters. The fourth-order valence-electron chi connectivity index (χ4n) is 4.13. The number of ketones is 1. The highest BCUT2D eigenvalue weighted by Crippen LogP contribution is 2.31. The number of fused-ring (bicyclic) bond motifs is 2. The first kappa shape index (κ1) is 22.3. The van der Waals surface area contributed by atoms with Crippen LogP contribution in [0.3, 0.4) is 0 Å². The van der Waals surface area contributed by atoms with Gasteiger partial charge in [-0.25, -0.2) is 4.98 Å². The third-order valence-electron chi connectivity index (χ3n) is 5.99. The molecule has 0 radical (unpaired) electrons. The van der Waals surface area contributed by atoms with E-state index in [-0.39, 0.29) is 30.4 Å². The van der Waals surface area contributed by atoms with E-state index in [1.165, 1.54) is 4.90 Å². The van der Waals surface area contributed by atoms with Crippen molar-refractivity contribution in [2.75, 3.05) is 18.1 Å². The minimum absolute atomic E-state index is 0.0500. The zero-order chi connectivity index (χ0) is 24.4. The molecule has 174 valence electrons. The lowest BCUT2D eigenvalue weighted by atomic mass is 10.1. The lowest BCUT2D eigenvalue weighted by molar-refractivity contribution is -0.121. The fourth-order valence-corrected chi connectivity index (χ4v) is 4.13. The second-order valence-electron chi connectivity index (χ2n) is 8.28. The molecule has 0 N–H and O–H groups in total. The van der Waals surface area contributed by atoms with Crippen LogP contribution >= 0.6 is 0 Å². The van der Waals surface area contributed by atoms with Crippen molar-refractivity contribution in [3.05, 3.63) is 106 Å². The van der Waals surface area contributed by atoms with E-state index >= 15 is 0 Å². The number of hydrogen-bond donors (Lipinski definition) is 0. The first-order chi connectivity index (χ1) is 17.0. The van der Waals surface area contributed by atoms with Gasteiger partial charge in [0.2, 0.25) is 0 Å². The van der Waals surface area contributed by atoms with Gasteiger partial charge < -0.3 is 4.74 Å². The van der Waals surface area contributed by atoms with Gasteiger partial charge in [0.1, 0.15) is 11.6 Å². The number of nitrogens with zero attached hydrogens (tertiary/aromatic N) is 3. The van der Waals surface area contributed by atoms with E-state index in [1.54, 1.807) is 34.9 Å². The van der Waals surface area contributed by atoms with Crippen molar-refractivity contribution in [1.29, 1.82) is 0 Å². The first-order valence-electron chi connectivity index (χ1n) is 11.3. The number of carbonyl (C=O) groups excluding carboxylic acids is 2. The lowest BCUT2D eigenvalue weighted by Gasteiger charge is -2.28. The molecule has 7 heteroatoms. The number of amides is 1. The van der Waals surface area contributed by atoms with Gasteiger partial charge in [-0.1, -0.05) is 60.7 Å². The number of para-hydroxylation sites is 3. The van der Waals surface area contributed by atoms with E-state index in [4.69, 9.17) is 4.74 Å². The molecule has 0 unspecified atom stereocenters. The summed E-state index contributed by atoms with van der Waals surface area (Å²) in [4.78, 5) is 44.0. The van der Waals surface area contributed by atoms with Gasteiger partial charge in [-0.15, -0.1) is 0 Å². The van der Waals surface area contributed by atoms with Crippen LogP contribution in [0, 0.1) is 6.92 Å². The zero-order valence-corrected chi connectivity index (χ0v) is 19.2. The number of rotatable bonds is 6. The Labute approximate surface area is 201 Å².